The first-order chi connectivity index (χ1) is 12.0. The second-order valence-corrected chi connectivity index (χ2v) is 8.63. The smallest absolute Gasteiger partial charge is 0.325 e. The number of amides is 4. The second-order valence-electron chi connectivity index (χ2n) is 8.63. The Morgan fingerprint density at radius 3 is 2.12 bits per heavy atom. The van der Waals surface area contributed by atoms with E-state index >= 15 is 0 Å². The normalized spacial score (nSPS) is 38.2. The molecule has 5 rings (SSSR count). The summed E-state index contributed by atoms with van der Waals surface area (Å²) in [7, 11) is 0. The fourth-order valence-electron chi connectivity index (χ4n) is 6.09. The minimum absolute atomic E-state index is 0.158. The van der Waals surface area contributed by atoms with E-state index in [1.54, 1.807) is 0 Å². The van der Waals surface area contributed by atoms with Gasteiger partial charge in [-0.15, -0.1) is 0 Å². The fraction of sp³-hybridized carbons (Fsp3) is 0.842. The van der Waals surface area contributed by atoms with E-state index in [1.807, 2.05) is 13.8 Å². The molecular formula is C19H29N3O3. The van der Waals surface area contributed by atoms with Gasteiger partial charge in [0.1, 0.15) is 12.1 Å². The molecule has 0 aromatic carbocycles. The monoisotopic (exact) mass is 347 g/mol. The van der Waals surface area contributed by atoms with Crippen LogP contribution >= 0.6 is 0 Å². The molecule has 4 saturated carbocycles. The fourth-order valence-corrected chi connectivity index (χ4v) is 6.09. The van der Waals surface area contributed by atoms with Gasteiger partial charge in [-0.3, -0.25) is 14.5 Å². The van der Waals surface area contributed by atoms with Crippen molar-refractivity contribution >= 4 is 17.8 Å². The van der Waals surface area contributed by atoms with Crippen LogP contribution in [0.25, 0.3) is 0 Å². The predicted octanol–water partition coefficient (Wildman–Crippen LogP) is 2.04. The standard InChI is InChI=1S/C19H29N3O3/c1-3-19(4-2)17(24)22(18(25)21-19)10-15(23)20-16-13-6-11-5-12(8-13)9-14(16)7-11/h11-14,16H,3-10H2,1-2H3,(H,20,23)(H,21,25). The SMILES string of the molecule is CCC1(CC)NC(=O)N(CC(=O)NC2C3CC4CC(C3)CC2C4)C1=O. The maximum atomic E-state index is 12.6. The lowest BCUT2D eigenvalue weighted by Crippen LogP contribution is -2.57. The minimum Gasteiger partial charge on any atom is -0.351 e. The highest BCUT2D eigenvalue weighted by Crippen LogP contribution is 2.53. The van der Waals surface area contributed by atoms with Gasteiger partial charge in [-0.25, -0.2) is 4.79 Å². The number of carbonyl (C=O) groups excluding carboxylic acids is 3. The molecule has 0 aromatic heterocycles. The zero-order valence-corrected chi connectivity index (χ0v) is 15.2. The zero-order valence-electron chi connectivity index (χ0n) is 15.2. The number of hydrogen-bond acceptors (Lipinski definition) is 3. The number of hydrogen-bond donors (Lipinski definition) is 2. The molecule has 1 saturated heterocycles. The summed E-state index contributed by atoms with van der Waals surface area (Å²) in [6, 6.07) is -0.197. The molecule has 0 aromatic rings. The van der Waals surface area contributed by atoms with E-state index < -0.39 is 11.6 Å². The summed E-state index contributed by atoms with van der Waals surface area (Å²) >= 11 is 0. The average Bonchev–Trinajstić information content (AvgIpc) is 2.82. The van der Waals surface area contributed by atoms with Crippen molar-refractivity contribution < 1.29 is 14.4 Å². The van der Waals surface area contributed by atoms with Crippen LogP contribution < -0.4 is 10.6 Å². The highest BCUT2D eigenvalue weighted by atomic mass is 16.2. The van der Waals surface area contributed by atoms with Crippen LogP contribution in [0.1, 0.15) is 58.8 Å². The van der Waals surface area contributed by atoms with Gasteiger partial charge in [0.25, 0.3) is 5.91 Å². The number of carbonyl (C=O) groups is 3. The molecule has 138 valence electrons. The van der Waals surface area contributed by atoms with Gasteiger partial charge in [-0.2, -0.15) is 0 Å². The Kier molecular flexibility index (Phi) is 4.04. The number of rotatable bonds is 5. The molecule has 25 heavy (non-hydrogen) atoms. The number of nitrogens with zero attached hydrogens (tertiary/aromatic N) is 1. The highest BCUT2D eigenvalue weighted by molar-refractivity contribution is 6.09. The van der Waals surface area contributed by atoms with Crippen molar-refractivity contribution in [2.24, 2.45) is 23.7 Å². The molecule has 0 radical (unpaired) electrons. The van der Waals surface area contributed by atoms with Crippen molar-refractivity contribution in [3.05, 3.63) is 0 Å². The number of nitrogens with one attached hydrogen (secondary N) is 2. The van der Waals surface area contributed by atoms with Gasteiger partial charge < -0.3 is 10.6 Å². The van der Waals surface area contributed by atoms with Crippen molar-refractivity contribution in [2.45, 2.75) is 70.4 Å². The Bertz CT molecular complexity index is 571. The van der Waals surface area contributed by atoms with E-state index in [4.69, 9.17) is 0 Å². The molecule has 1 heterocycles. The van der Waals surface area contributed by atoms with E-state index in [1.165, 1.54) is 32.1 Å². The van der Waals surface area contributed by atoms with Crippen LogP contribution in [0.2, 0.25) is 0 Å². The summed E-state index contributed by atoms with van der Waals surface area (Å²) in [5.74, 6) is 2.45. The van der Waals surface area contributed by atoms with Crippen molar-refractivity contribution in [3.63, 3.8) is 0 Å². The Hall–Kier alpha value is -1.59. The van der Waals surface area contributed by atoms with Crippen LogP contribution in [0.4, 0.5) is 4.79 Å². The van der Waals surface area contributed by atoms with Gasteiger partial charge in [0, 0.05) is 6.04 Å². The first-order valence-electron chi connectivity index (χ1n) is 9.89. The molecule has 6 heteroatoms. The first kappa shape index (κ1) is 16.9. The van der Waals surface area contributed by atoms with Gasteiger partial charge in [0.05, 0.1) is 0 Å². The Morgan fingerprint density at radius 2 is 1.64 bits per heavy atom. The summed E-state index contributed by atoms with van der Waals surface area (Å²) in [6.45, 7) is 3.62. The molecule has 0 spiro atoms. The van der Waals surface area contributed by atoms with E-state index in [9.17, 15) is 14.4 Å². The quantitative estimate of drug-likeness (QED) is 0.747. The second kappa shape index (κ2) is 5.99. The summed E-state index contributed by atoms with van der Waals surface area (Å²) in [4.78, 5) is 38.5. The molecule has 5 aliphatic rings. The largest absolute Gasteiger partial charge is 0.351 e. The maximum absolute atomic E-state index is 12.6. The molecule has 4 bridgehead atoms. The van der Waals surface area contributed by atoms with Crippen LogP contribution in [0.15, 0.2) is 0 Å². The third kappa shape index (κ3) is 2.64. The molecule has 6 nitrogen and oxygen atoms in total. The number of imide groups is 1. The summed E-state index contributed by atoms with van der Waals surface area (Å²) in [5.41, 5.74) is -0.833. The van der Waals surface area contributed by atoms with Gasteiger partial charge in [0.2, 0.25) is 5.91 Å². The van der Waals surface area contributed by atoms with Gasteiger partial charge in [-0.05, 0) is 68.6 Å². The Balaban J connectivity index is 1.40. The van der Waals surface area contributed by atoms with Crippen molar-refractivity contribution in [3.8, 4) is 0 Å². The average molecular weight is 347 g/mol. The van der Waals surface area contributed by atoms with Crippen LogP contribution in [0.5, 0.6) is 0 Å². The molecule has 5 fully saturated rings. The van der Waals surface area contributed by atoms with E-state index in [-0.39, 0.29) is 24.4 Å². The molecule has 1 aliphatic heterocycles. The molecular weight excluding hydrogens is 318 g/mol. The molecule has 2 N–H and O–H groups in total. The molecule has 0 atom stereocenters. The van der Waals surface area contributed by atoms with Crippen molar-refractivity contribution in [1.29, 1.82) is 0 Å². The molecule has 4 amide bonds. The van der Waals surface area contributed by atoms with E-state index in [2.05, 4.69) is 10.6 Å². The Morgan fingerprint density at radius 1 is 1.08 bits per heavy atom. The van der Waals surface area contributed by atoms with E-state index in [0.717, 1.165) is 16.7 Å². The Labute approximate surface area is 149 Å². The van der Waals surface area contributed by atoms with Crippen LogP contribution in [0, 0.1) is 23.7 Å². The van der Waals surface area contributed by atoms with Gasteiger partial charge in [0.15, 0.2) is 0 Å². The summed E-state index contributed by atoms with van der Waals surface area (Å²) in [6.07, 6.45) is 7.40. The lowest BCUT2D eigenvalue weighted by molar-refractivity contribution is -0.136. The molecule has 4 aliphatic carbocycles. The first-order valence-corrected chi connectivity index (χ1v) is 9.89. The zero-order chi connectivity index (χ0) is 17.8. The molecule has 0 unspecified atom stereocenters. The van der Waals surface area contributed by atoms with Crippen molar-refractivity contribution in [1.82, 2.24) is 15.5 Å². The van der Waals surface area contributed by atoms with Crippen LogP contribution in [-0.4, -0.2) is 40.9 Å². The lowest BCUT2D eigenvalue weighted by Gasteiger charge is -2.54. The predicted molar refractivity (Wildman–Crippen MR) is 92.5 cm³/mol. The van der Waals surface area contributed by atoms with Gasteiger partial charge in [-0.1, -0.05) is 13.8 Å². The third-order valence-corrected chi connectivity index (χ3v) is 7.31. The third-order valence-electron chi connectivity index (χ3n) is 7.31. The van der Waals surface area contributed by atoms with Crippen molar-refractivity contribution in [2.75, 3.05) is 6.54 Å². The lowest BCUT2D eigenvalue weighted by atomic mass is 9.54. The van der Waals surface area contributed by atoms with Crippen LogP contribution in [0.3, 0.4) is 0 Å². The minimum atomic E-state index is -0.833. The number of urea groups is 1. The van der Waals surface area contributed by atoms with Gasteiger partial charge >= 0.3 is 6.03 Å². The highest BCUT2D eigenvalue weighted by Gasteiger charge is 2.51. The van der Waals surface area contributed by atoms with E-state index in [0.29, 0.717) is 24.7 Å². The maximum Gasteiger partial charge on any atom is 0.325 e. The topological polar surface area (TPSA) is 78.5 Å². The summed E-state index contributed by atoms with van der Waals surface area (Å²) in [5, 5.41) is 5.97. The van der Waals surface area contributed by atoms with Crippen LogP contribution in [-0.2, 0) is 9.59 Å². The summed E-state index contributed by atoms with van der Waals surface area (Å²) < 4.78 is 0.